The first-order chi connectivity index (χ1) is 9.40. The summed E-state index contributed by atoms with van der Waals surface area (Å²) in [5.41, 5.74) is 5.84. The summed E-state index contributed by atoms with van der Waals surface area (Å²) >= 11 is 8.15. The van der Waals surface area contributed by atoms with Gasteiger partial charge in [-0.3, -0.25) is 0 Å². The standard InChI is InChI=1S/C13H8BrF3N2S/c14-7-2-1-3-10(11(7)13(18)20)19-12-8(16)4-6(15)5-9(12)17/h1-5,19H,(H2,18,20). The van der Waals surface area contributed by atoms with E-state index in [1.165, 1.54) is 0 Å². The van der Waals surface area contributed by atoms with Crippen molar-refractivity contribution < 1.29 is 13.2 Å². The Morgan fingerprint density at radius 2 is 1.75 bits per heavy atom. The van der Waals surface area contributed by atoms with Crippen molar-refractivity contribution in [1.29, 1.82) is 0 Å². The summed E-state index contributed by atoms with van der Waals surface area (Å²) in [4.78, 5) is 0.0582. The van der Waals surface area contributed by atoms with Gasteiger partial charge in [-0.05, 0) is 28.1 Å². The van der Waals surface area contributed by atoms with Crippen LogP contribution in [0.1, 0.15) is 5.56 Å². The Labute approximate surface area is 126 Å². The third-order valence-electron chi connectivity index (χ3n) is 2.53. The molecule has 20 heavy (non-hydrogen) atoms. The highest BCUT2D eigenvalue weighted by molar-refractivity contribution is 9.10. The zero-order valence-electron chi connectivity index (χ0n) is 9.88. The van der Waals surface area contributed by atoms with E-state index in [1.807, 2.05) is 0 Å². The smallest absolute Gasteiger partial charge is 0.152 e. The minimum atomic E-state index is -1.05. The van der Waals surface area contributed by atoms with Crippen LogP contribution in [0.2, 0.25) is 0 Å². The molecular weight excluding hydrogens is 353 g/mol. The normalized spacial score (nSPS) is 10.4. The molecule has 0 atom stereocenters. The van der Waals surface area contributed by atoms with E-state index in [0.29, 0.717) is 27.9 Å². The van der Waals surface area contributed by atoms with E-state index in [2.05, 4.69) is 21.2 Å². The van der Waals surface area contributed by atoms with Crippen molar-refractivity contribution in [3.8, 4) is 0 Å². The molecular formula is C13H8BrF3N2S. The molecule has 2 nitrogen and oxygen atoms in total. The molecule has 0 radical (unpaired) electrons. The van der Waals surface area contributed by atoms with Gasteiger partial charge in [0.2, 0.25) is 0 Å². The van der Waals surface area contributed by atoms with Crippen LogP contribution in [-0.4, -0.2) is 4.99 Å². The van der Waals surface area contributed by atoms with Gasteiger partial charge in [-0.15, -0.1) is 0 Å². The molecule has 0 saturated heterocycles. The number of hydrogen-bond acceptors (Lipinski definition) is 2. The van der Waals surface area contributed by atoms with Crippen LogP contribution < -0.4 is 11.1 Å². The second-order valence-corrected chi connectivity index (χ2v) is 5.19. The Balaban J connectivity index is 2.51. The lowest BCUT2D eigenvalue weighted by Gasteiger charge is -2.14. The summed E-state index contributed by atoms with van der Waals surface area (Å²) in [7, 11) is 0. The average Bonchev–Trinajstić information content (AvgIpc) is 2.33. The number of nitrogens with two attached hydrogens (primary N) is 1. The molecule has 7 heteroatoms. The number of hydrogen-bond donors (Lipinski definition) is 2. The van der Waals surface area contributed by atoms with Gasteiger partial charge in [-0.1, -0.05) is 18.3 Å². The van der Waals surface area contributed by atoms with Crippen LogP contribution in [0, 0.1) is 17.5 Å². The van der Waals surface area contributed by atoms with Crippen molar-refractivity contribution in [2.45, 2.75) is 0 Å². The number of benzene rings is 2. The minimum Gasteiger partial charge on any atom is -0.389 e. The van der Waals surface area contributed by atoms with E-state index in [0.717, 1.165) is 0 Å². The van der Waals surface area contributed by atoms with E-state index >= 15 is 0 Å². The summed E-state index contributed by atoms with van der Waals surface area (Å²) in [5.74, 6) is -3.08. The fraction of sp³-hybridized carbons (Fsp3) is 0. The minimum absolute atomic E-state index is 0.0582. The summed E-state index contributed by atoms with van der Waals surface area (Å²) in [5, 5.41) is 2.54. The van der Waals surface area contributed by atoms with Crippen LogP contribution in [0.3, 0.4) is 0 Å². The molecule has 0 saturated carbocycles. The Kier molecular flexibility index (Phi) is 4.29. The molecule has 2 rings (SSSR count). The molecule has 0 aliphatic carbocycles. The van der Waals surface area contributed by atoms with Gasteiger partial charge in [0.05, 0.1) is 5.69 Å². The van der Waals surface area contributed by atoms with Gasteiger partial charge in [-0.25, -0.2) is 13.2 Å². The van der Waals surface area contributed by atoms with Gasteiger partial charge in [0, 0.05) is 22.2 Å². The molecule has 0 aromatic heterocycles. The van der Waals surface area contributed by atoms with Gasteiger partial charge < -0.3 is 11.1 Å². The Bertz CT molecular complexity index is 668. The maximum Gasteiger partial charge on any atom is 0.152 e. The molecule has 0 spiro atoms. The number of thiocarbonyl (C=S) groups is 1. The molecule has 2 aromatic rings. The first-order valence-corrected chi connectivity index (χ1v) is 6.60. The molecule has 0 heterocycles. The second kappa shape index (κ2) is 5.80. The molecule has 0 aliphatic rings. The molecule has 3 N–H and O–H groups in total. The molecule has 104 valence electrons. The third-order valence-corrected chi connectivity index (χ3v) is 3.39. The van der Waals surface area contributed by atoms with Crippen molar-refractivity contribution in [1.82, 2.24) is 0 Å². The van der Waals surface area contributed by atoms with Crippen molar-refractivity contribution >= 4 is 44.5 Å². The largest absolute Gasteiger partial charge is 0.389 e. The summed E-state index contributed by atoms with van der Waals surface area (Å²) in [6.07, 6.45) is 0. The first-order valence-electron chi connectivity index (χ1n) is 5.40. The van der Waals surface area contributed by atoms with E-state index in [9.17, 15) is 13.2 Å². The van der Waals surface area contributed by atoms with Crippen LogP contribution in [0.4, 0.5) is 24.5 Å². The SMILES string of the molecule is NC(=S)c1c(Br)cccc1Nc1c(F)cc(F)cc1F. The molecule has 0 unspecified atom stereocenters. The van der Waals surface area contributed by atoms with Gasteiger partial charge >= 0.3 is 0 Å². The monoisotopic (exact) mass is 360 g/mol. The topological polar surface area (TPSA) is 38.0 Å². The zero-order chi connectivity index (χ0) is 14.9. The summed E-state index contributed by atoms with van der Waals surface area (Å²) < 4.78 is 40.7. The van der Waals surface area contributed by atoms with Gasteiger partial charge in [0.1, 0.15) is 16.5 Å². The van der Waals surface area contributed by atoms with Crippen molar-refractivity contribution in [3.05, 3.63) is 57.8 Å². The highest BCUT2D eigenvalue weighted by atomic mass is 79.9. The molecule has 0 fully saturated rings. The second-order valence-electron chi connectivity index (χ2n) is 3.90. The van der Waals surface area contributed by atoms with E-state index in [1.54, 1.807) is 18.2 Å². The summed E-state index contributed by atoms with van der Waals surface area (Å²) in [6.45, 7) is 0. The summed E-state index contributed by atoms with van der Waals surface area (Å²) in [6, 6.07) is 6.07. The quantitative estimate of drug-likeness (QED) is 0.803. The van der Waals surface area contributed by atoms with Crippen molar-refractivity contribution in [2.24, 2.45) is 5.73 Å². The maximum atomic E-state index is 13.6. The lowest BCUT2D eigenvalue weighted by molar-refractivity contribution is 0.549. The predicted molar refractivity (Wildman–Crippen MR) is 79.6 cm³/mol. The molecule has 0 amide bonds. The number of anilines is 2. The predicted octanol–water partition coefficient (Wildman–Crippen LogP) is 4.24. The highest BCUT2D eigenvalue weighted by Gasteiger charge is 2.15. The van der Waals surface area contributed by atoms with Gasteiger partial charge in [0.15, 0.2) is 11.6 Å². The van der Waals surface area contributed by atoms with Gasteiger partial charge in [0.25, 0.3) is 0 Å². The fourth-order valence-electron chi connectivity index (χ4n) is 1.68. The van der Waals surface area contributed by atoms with Crippen LogP contribution in [0.15, 0.2) is 34.8 Å². The third kappa shape index (κ3) is 2.94. The van der Waals surface area contributed by atoms with Crippen LogP contribution in [0.5, 0.6) is 0 Å². The average molecular weight is 361 g/mol. The highest BCUT2D eigenvalue weighted by Crippen LogP contribution is 2.30. The van der Waals surface area contributed by atoms with Gasteiger partial charge in [-0.2, -0.15) is 0 Å². The zero-order valence-corrected chi connectivity index (χ0v) is 12.3. The Hall–Kier alpha value is -1.60. The van der Waals surface area contributed by atoms with Crippen LogP contribution in [-0.2, 0) is 0 Å². The maximum absolute atomic E-state index is 13.6. The Morgan fingerprint density at radius 3 is 2.30 bits per heavy atom. The first kappa shape index (κ1) is 14.8. The fourth-order valence-corrected chi connectivity index (χ4v) is 2.61. The lowest BCUT2D eigenvalue weighted by Crippen LogP contribution is -2.13. The Morgan fingerprint density at radius 1 is 1.15 bits per heavy atom. The van der Waals surface area contributed by atoms with Crippen molar-refractivity contribution in [2.75, 3.05) is 5.32 Å². The van der Waals surface area contributed by atoms with E-state index in [4.69, 9.17) is 18.0 Å². The molecule has 2 aromatic carbocycles. The molecule has 0 aliphatic heterocycles. The van der Waals surface area contributed by atoms with Crippen molar-refractivity contribution in [3.63, 3.8) is 0 Å². The molecule has 0 bridgehead atoms. The van der Waals surface area contributed by atoms with Crippen LogP contribution in [0.25, 0.3) is 0 Å². The number of nitrogens with one attached hydrogen (secondary N) is 1. The van der Waals surface area contributed by atoms with Crippen LogP contribution >= 0.6 is 28.1 Å². The number of halogens is 4. The van der Waals surface area contributed by atoms with E-state index in [-0.39, 0.29) is 4.99 Å². The number of rotatable bonds is 3. The lowest BCUT2D eigenvalue weighted by atomic mass is 10.1. The van der Waals surface area contributed by atoms with E-state index < -0.39 is 23.1 Å².